The SMILES string of the molecule is CCNC(=NCC(C)(C)N1CCOCC1)NCCc1ccc(C)nc1.I. The van der Waals surface area contributed by atoms with E-state index in [0.717, 1.165) is 64.0 Å². The van der Waals surface area contributed by atoms with Gasteiger partial charge in [-0.2, -0.15) is 0 Å². The fourth-order valence-corrected chi connectivity index (χ4v) is 2.85. The Bertz CT molecular complexity index is 541. The number of hydrogen-bond donors (Lipinski definition) is 2. The zero-order chi connectivity index (χ0) is 18.1. The molecule has 2 rings (SSSR count). The molecule has 1 aliphatic rings. The van der Waals surface area contributed by atoms with Gasteiger partial charge in [-0.05, 0) is 45.7 Å². The fraction of sp³-hybridized carbons (Fsp3) is 0.684. The molecule has 1 aromatic heterocycles. The van der Waals surface area contributed by atoms with E-state index in [9.17, 15) is 0 Å². The van der Waals surface area contributed by atoms with Crippen molar-refractivity contribution in [3.05, 3.63) is 29.6 Å². The minimum absolute atomic E-state index is 0. The van der Waals surface area contributed by atoms with Gasteiger partial charge in [0.2, 0.25) is 0 Å². The smallest absolute Gasteiger partial charge is 0.191 e. The predicted molar refractivity (Wildman–Crippen MR) is 119 cm³/mol. The Morgan fingerprint density at radius 3 is 2.62 bits per heavy atom. The average Bonchev–Trinajstić information content (AvgIpc) is 2.62. The molecule has 26 heavy (non-hydrogen) atoms. The predicted octanol–water partition coefficient (Wildman–Crippen LogP) is 2.22. The van der Waals surface area contributed by atoms with Gasteiger partial charge in [-0.3, -0.25) is 14.9 Å². The molecule has 2 N–H and O–H groups in total. The highest BCUT2D eigenvalue weighted by Gasteiger charge is 2.28. The Morgan fingerprint density at radius 1 is 1.27 bits per heavy atom. The molecule has 0 aromatic carbocycles. The topological polar surface area (TPSA) is 61.8 Å². The van der Waals surface area contributed by atoms with Crippen LogP contribution in [0.4, 0.5) is 0 Å². The molecule has 0 unspecified atom stereocenters. The van der Waals surface area contributed by atoms with Crippen molar-refractivity contribution in [3.8, 4) is 0 Å². The number of aryl methyl sites for hydroxylation is 1. The van der Waals surface area contributed by atoms with Crippen LogP contribution >= 0.6 is 24.0 Å². The lowest BCUT2D eigenvalue weighted by Gasteiger charge is -2.39. The third-order valence-electron chi connectivity index (χ3n) is 4.51. The highest BCUT2D eigenvalue weighted by Crippen LogP contribution is 2.16. The summed E-state index contributed by atoms with van der Waals surface area (Å²) in [6.45, 7) is 14.7. The fourth-order valence-electron chi connectivity index (χ4n) is 2.85. The first-order chi connectivity index (χ1) is 12.0. The van der Waals surface area contributed by atoms with E-state index in [1.807, 2.05) is 13.1 Å². The number of nitrogens with one attached hydrogen (secondary N) is 2. The molecule has 0 bridgehead atoms. The van der Waals surface area contributed by atoms with Gasteiger partial charge in [-0.15, -0.1) is 24.0 Å². The van der Waals surface area contributed by atoms with Gasteiger partial charge in [0.25, 0.3) is 0 Å². The number of guanidine groups is 1. The van der Waals surface area contributed by atoms with E-state index in [1.54, 1.807) is 0 Å². The highest BCUT2D eigenvalue weighted by atomic mass is 127. The molecule has 0 radical (unpaired) electrons. The van der Waals surface area contributed by atoms with Crippen LogP contribution in [0, 0.1) is 6.92 Å². The second-order valence-electron chi connectivity index (χ2n) is 7.09. The Kier molecular flexibility index (Phi) is 10.4. The normalized spacial score (nSPS) is 16.1. The second kappa shape index (κ2) is 11.7. The van der Waals surface area contributed by atoms with E-state index >= 15 is 0 Å². The maximum atomic E-state index is 5.45. The minimum Gasteiger partial charge on any atom is -0.379 e. The molecule has 0 aliphatic carbocycles. The van der Waals surface area contributed by atoms with Crippen molar-refractivity contribution >= 4 is 29.9 Å². The molecule has 1 aliphatic heterocycles. The van der Waals surface area contributed by atoms with Crippen LogP contribution in [0.1, 0.15) is 32.0 Å². The number of nitrogens with zero attached hydrogens (tertiary/aromatic N) is 3. The third kappa shape index (κ3) is 7.75. The maximum absolute atomic E-state index is 5.45. The number of halogens is 1. The van der Waals surface area contributed by atoms with Crippen molar-refractivity contribution in [2.24, 2.45) is 4.99 Å². The first-order valence-electron chi connectivity index (χ1n) is 9.28. The zero-order valence-electron chi connectivity index (χ0n) is 16.5. The first kappa shape index (κ1) is 23.1. The van der Waals surface area contributed by atoms with Crippen LogP contribution in [0.5, 0.6) is 0 Å². The summed E-state index contributed by atoms with van der Waals surface area (Å²) in [5.41, 5.74) is 2.33. The van der Waals surface area contributed by atoms with Gasteiger partial charge in [-0.1, -0.05) is 6.07 Å². The van der Waals surface area contributed by atoms with Gasteiger partial charge in [0.1, 0.15) is 0 Å². The molecule has 148 valence electrons. The van der Waals surface area contributed by atoms with Crippen molar-refractivity contribution in [3.63, 3.8) is 0 Å². The minimum atomic E-state index is 0. The Morgan fingerprint density at radius 2 is 2.00 bits per heavy atom. The first-order valence-corrected chi connectivity index (χ1v) is 9.28. The number of pyridine rings is 1. The van der Waals surface area contributed by atoms with Crippen LogP contribution in [-0.4, -0.2) is 67.3 Å². The molecule has 6 nitrogen and oxygen atoms in total. The molecule has 0 amide bonds. The van der Waals surface area contributed by atoms with E-state index < -0.39 is 0 Å². The van der Waals surface area contributed by atoms with Gasteiger partial charge in [0, 0.05) is 43.6 Å². The van der Waals surface area contributed by atoms with Crippen molar-refractivity contribution in [2.45, 2.75) is 39.7 Å². The zero-order valence-corrected chi connectivity index (χ0v) is 18.9. The van der Waals surface area contributed by atoms with Crippen molar-refractivity contribution in [1.82, 2.24) is 20.5 Å². The van der Waals surface area contributed by atoms with Gasteiger partial charge >= 0.3 is 0 Å². The summed E-state index contributed by atoms with van der Waals surface area (Å²) in [4.78, 5) is 11.6. The van der Waals surface area contributed by atoms with Gasteiger partial charge < -0.3 is 15.4 Å². The molecular formula is C19H34IN5O. The summed E-state index contributed by atoms with van der Waals surface area (Å²) in [5, 5.41) is 6.76. The highest BCUT2D eigenvalue weighted by molar-refractivity contribution is 14.0. The molecule has 2 heterocycles. The quantitative estimate of drug-likeness (QED) is 0.360. The lowest BCUT2D eigenvalue weighted by molar-refractivity contribution is -0.00683. The number of rotatable bonds is 7. The van der Waals surface area contributed by atoms with Crippen LogP contribution in [0.25, 0.3) is 0 Å². The van der Waals surface area contributed by atoms with E-state index in [2.05, 4.69) is 53.4 Å². The van der Waals surface area contributed by atoms with E-state index in [0.29, 0.717) is 0 Å². The number of aliphatic imine (C=N–C) groups is 1. The molecule has 0 spiro atoms. The van der Waals surface area contributed by atoms with Crippen molar-refractivity contribution < 1.29 is 4.74 Å². The van der Waals surface area contributed by atoms with Gasteiger partial charge in [0.05, 0.1) is 19.8 Å². The van der Waals surface area contributed by atoms with Crippen LogP contribution < -0.4 is 10.6 Å². The number of morpholine rings is 1. The van der Waals surface area contributed by atoms with Crippen LogP contribution in [0.3, 0.4) is 0 Å². The average molecular weight is 475 g/mol. The summed E-state index contributed by atoms with van der Waals surface area (Å²) < 4.78 is 5.45. The number of ether oxygens (including phenoxy) is 1. The van der Waals surface area contributed by atoms with Crippen molar-refractivity contribution in [2.75, 3.05) is 45.9 Å². The van der Waals surface area contributed by atoms with Crippen LogP contribution in [0.15, 0.2) is 23.3 Å². The second-order valence-corrected chi connectivity index (χ2v) is 7.09. The lowest BCUT2D eigenvalue weighted by atomic mass is 10.0. The standard InChI is InChI=1S/C19H33N5O.HI/c1-5-20-18(21-9-8-17-7-6-16(2)22-14-17)23-15-19(3,4)24-10-12-25-13-11-24;/h6-7,14H,5,8-13,15H2,1-4H3,(H2,20,21,23);1H. The van der Waals surface area contributed by atoms with E-state index in [4.69, 9.17) is 9.73 Å². The molecule has 1 saturated heterocycles. The largest absolute Gasteiger partial charge is 0.379 e. The maximum Gasteiger partial charge on any atom is 0.191 e. The lowest BCUT2D eigenvalue weighted by Crippen LogP contribution is -2.52. The molecule has 1 fully saturated rings. The Balaban J connectivity index is 0.00000338. The Labute approximate surface area is 175 Å². The van der Waals surface area contributed by atoms with Gasteiger partial charge in [0.15, 0.2) is 5.96 Å². The Hall–Kier alpha value is -0.930. The number of hydrogen-bond acceptors (Lipinski definition) is 4. The summed E-state index contributed by atoms with van der Waals surface area (Å²) in [5.74, 6) is 0.879. The van der Waals surface area contributed by atoms with E-state index in [-0.39, 0.29) is 29.5 Å². The summed E-state index contributed by atoms with van der Waals surface area (Å²) >= 11 is 0. The molecule has 0 saturated carbocycles. The van der Waals surface area contributed by atoms with Crippen molar-refractivity contribution in [1.29, 1.82) is 0 Å². The summed E-state index contributed by atoms with van der Waals surface area (Å²) in [6.07, 6.45) is 2.88. The molecule has 7 heteroatoms. The molecular weight excluding hydrogens is 441 g/mol. The van der Waals surface area contributed by atoms with Gasteiger partial charge in [-0.25, -0.2) is 0 Å². The number of aromatic nitrogens is 1. The monoisotopic (exact) mass is 475 g/mol. The summed E-state index contributed by atoms with van der Waals surface area (Å²) in [6, 6.07) is 4.19. The molecule has 1 aromatic rings. The van der Waals surface area contributed by atoms with Crippen LogP contribution in [0.2, 0.25) is 0 Å². The summed E-state index contributed by atoms with van der Waals surface area (Å²) in [7, 11) is 0. The van der Waals surface area contributed by atoms with E-state index in [1.165, 1.54) is 5.56 Å². The van der Waals surface area contributed by atoms with Crippen LogP contribution in [-0.2, 0) is 11.2 Å². The third-order valence-corrected chi connectivity index (χ3v) is 4.51. The molecule has 0 atom stereocenters.